The van der Waals surface area contributed by atoms with Crippen molar-refractivity contribution < 1.29 is 97.2 Å². The van der Waals surface area contributed by atoms with E-state index >= 15 is 27.2 Å². The van der Waals surface area contributed by atoms with Crippen LogP contribution < -0.4 is 32.7 Å². The highest BCUT2D eigenvalue weighted by Crippen LogP contribution is 2.42. The zero-order valence-corrected chi connectivity index (χ0v) is 70.2. The molecule has 12 rings (SSSR count). The molecule has 8 aromatic carbocycles. The van der Waals surface area contributed by atoms with E-state index in [-0.39, 0.29) is 131 Å². The predicted molar refractivity (Wildman–Crippen MR) is 446 cm³/mol. The van der Waals surface area contributed by atoms with Crippen LogP contribution in [0.4, 0.5) is 59.1 Å². The van der Waals surface area contributed by atoms with Crippen LogP contribution in [-0.2, 0) is 103 Å². The number of nitrogens with two attached hydrogens (primary N) is 2. The summed E-state index contributed by atoms with van der Waals surface area (Å²) in [6, 6.07) is 22.8. The first-order valence-electron chi connectivity index (χ1n) is 39.6. The van der Waals surface area contributed by atoms with Crippen LogP contribution in [0.5, 0.6) is 0 Å². The van der Waals surface area contributed by atoms with Crippen LogP contribution in [-0.4, -0.2) is 110 Å². The molecule has 0 saturated heterocycles. The summed E-state index contributed by atoms with van der Waals surface area (Å²) in [5.41, 5.74) is 9.52. The minimum Gasteiger partial charge on any atom is -0.444 e. The Morgan fingerprint density at radius 3 is 1.16 bits per heavy atom. The Labute approximate surface area is 725 Å². The topological polar surface area (TPSA) is 329 Å². The molecular formula is C89H84Cl4F8N10O13. The smallest absolute Gasteiger partial charge is 0.444 e. The van der Waals surface area contributed by atoms with Gasteiger partial charge in [-0.1, -0.05) is 148 Å². The molecule has 10 amide bonds. The lowest BCUT2D eigenvalue weighted by molar-refractivity contribution is -0.141. The van der Waals surface area contributed by atoms with Crippen molar-refractivity contribution in [2.45, 2.75) is 154 Å². The number of rotatable bonds is 30. The number of fused-ring (bicyclic) bond motifs is 6. The van der Waals surface area contributed by atoms with Crippen molar-refractivity contribution in [1.29, 1.82) is 0 Å². The number of carbonyl (C=O) groups is 9. The summed E-state index contributed by atoms with van der Waals surface area (Å²) in [5, 5.41) is 12.7. The number of benzene rings is 8. The van der Waals surface area contributed by atoms with Crippen molar-refractivity contribution in [1.82, 2.24) is 41.0 Å². The fraction of sp³-hybridized carbons (Fsp3) is 0.315. The maximum absolute atomic E-state index is 16.5. The Kier molecular flexibility index (Phi) is 28.9. The molecule has 0 radical (unpaired) electrons. The lowest BCUT2D eigenvalue weighted by Gasteiger charge is -2.40. The Hall–Kier alpha value is -11.9. The molecule has 2 aromatic heterocycles. The van der Waals surface area contributed by atoms with Gasteiger partial charge in [-0.15, -0.1) is 0 Å². The summed E-state index contributed by atoms with van der Waals surface area (Å²) in [4.78, 5) is 135. The quantitative estimate of drug-likeness (QED) is 0.0118. The van der Waals surface area contributed by atoms with Crippen molar-refractivity contribution in [2.75, 3.05) is 13.1 Å². The predicted octanol–water partition coefficient (Wildman–Crippen LogP) is 18.0. The number of aryl methyl sites for hydroxylation is 4. The molecule has 35 heteroatoms. The molecule has 23 nitrogen and oxygen atoms in total. The summed E-state index contributed by atoms with van der Waals surface area (Å²) in [7, 11) is 0. The molecule has 0 saturated carbocycles. The minimum absolute atomic E-state index is 0.0473. The number of nitrogens with one attached hydrogen (secondary N) is 6. The molecule has 6 atom stereocenters. The first-order chi connectivity index (χ1) is 59.1. The van der Waals surface area contributed by atoms with Gasteiger partial charge in [0.05, 0.1) is 43.3 Å². The zero-order chi connectivity index (χ0) is 89.3. The zero-order valence-electron chi connectivity index (χ0n) is 67.1. The second kappa shape index (κ2) is 39.3. The average molecular weight is 1800 g/mol. The monoisotopic (exact) mass is 1790 g/mol. The third kappa shape index (κ3) is 20.6. The Balaban J connectivity index is 0.715. The summed E-state index contributed by atoms with van der Waals surface area (Å²) in [6.07, 6.45) is -4.10. The molecule has 0 bridgehead atoms. The molecule has 124 heavy (non-hydrogen) atoms. The van der Waals surface area contributed by atoms with E-state index in [0.717, 1.165) is 70.5 Å². The fourth-order valence-corrected chi connectivity index (χ4v) is 16.4. The van der Waals surface area contributed by atoms with Gasteiger partial charge in [-0.2, -0.15) is 0 Å². The fourth-order valence-electron chi connectivity index (χ4n) is 15.3. The lowest BCUT2D eigenvalue weighted by atomic mass is 9.78. The number of halogens is 12. The number of imide groups is 2. The number of nitrogens with zero attached hydrogens (tertiary/aromatic N) is 2. The number of primary amides is 2. The SMILES string of the molecule is CC[C@H](C)CN(C(N)=O)C(=O)[C@@]1(NC(=O)[C@H](CCc2ccc(-c3ccc(F)c(COC(=O)OCc4c(F)ccc(-c5ccc(CC[C@H](NC(=O)OCc6c(F)cccc6F)C(=O)N[C@]6(C(=O)N(C[C@@H](C)CC)C(N)=O)CCc7[nH]c8c(Cl)cc(Cl)cc8c7C6)cc5)c4F)c3F)cc2)NC(=O)OCc2c(F)cccc2F)CCc2[nH]c3c(Cl)cc(Cl)cc3c2C1. The number of carbonyl (C=O) groups excluding carboxylic acids is 9. The third-order valence-corrected chi connectivity index (χ3v) is 23.6. The van der Waals surface area contributed by atoms with Crippen LogP contribution in [0, 0.1) is 58.4 Å². The Bertz CT molecular complexity index is 5420. The normalized spacial score (nSPS) is 15.7. The van der Waals surface area contributed by atoms with Crippen LogP contribution in [0.1, 0.15) is 122 Å². The number of aromatic nitrogens is 2. The van der Waals surface area contributed by atoms with E-state index in [9.17, 15) is 51.1 Å². The van der Waals surface area contributed by atoms with E-state index in [2.05, 4.69) is 31.2 Å². The number of hydrogen-bond donors (Lipinski definition) is 8. The maximum Gasteiger partial charge on any atom is 0.508 e. The van der Waals surface area contributed by atoms with Gasteiger partial charge >= 0.3 is 30.4 Å². The standard InChI is InChI=1S/C89H84Cl4F8N10O13/c1-5-45(3)39-110(83(102)116)81(114)88(31-29-71-57(37-88)55-33-51(90)35-63(92)77(55)104-71)108-79(112)73(106-85(118)121-41-59-65(94)9-7-10-66(59)95)27-17-47-13-19-49(20-14-47)53-23-25-69(98)61(75(53)100)43-123-87(120)124-44-62-70(99)26-24-54(76(62)101)50-21-15-48(16-22-50)18-28-74(107-86(119)122-42-60-67(96)11-8-12-68(60)97)80(113)109-89(82(115)111(84(103)117)40-46(4)6-2)32-30-72-58(38-89)56-34-52(91)36-64(93)78(56)105-72/h7-16,19-26,33-36,45-46,73-74,104-105H,5-6,17-18,27-32,37-44H2,1-4H3,(H2,102,116)(H2,103,117)(H,106,118)(H,107,119)(H,108,112)(H,109,113)/t45-,46-,73-,74-,88+,89+/m0/s1. The maximum atomic E-state index is 16.5. The number of H-pyrrole nitrogens is 2. The largest absolute Gasteiger partial charge is 0.508 e. The highest BCUT2D eigenvalue weighted by atomic mass is 35.5. The molecule has 0 fully saturated rings. The second-order valence-corrected chi connectivity index (χ2v) is 32.5. The number of amides is 10. The van der Waals surface area contributed by atoms with Crippen molar-refractivity contribution in [3.63, 3.8) is 0 Å². The van der Waals surface area contributed by atoms with Gasteiger partial charge in [0.15, 0.2) is 0 Å². The third-order valence-electron chi connectivity index (χ3n) is 22.6. The summed E-state index contributed by atoms with van der Waals surface area (Å²) >= 11 is 26.2. The molecule has 10 aromatic rings. The molecule has 652 valence electrons. The van der Waals surface area contributed by atoms with E-state index < -0.39 is 172 Å². The van der Waals surface area contributed by atoms with Crippen molar-refractivity contribution in [3.05, 3.63) is 256 Å². The van der Waals surface area contributed by atoms with E-state index in [1.165, 1.54) is 60.7 Å². The van der Waals surface area contributed by atoms with Crippen molar-refractivity contribution in [2.24, 2.45) is 23.3 Å². The van der Waals surface area contributed by atoms with Crippen LogP contribution in [0.2, 0.25) is 20.1 Å². The first kappa shape index (κ1) is 91.3. The van der Waals surface area contributed by atoms with Crippen molar-refractivity contribution >= 4 is 122 Å². The van der Waals surface area contributed by atoms with Gasteiger partial charge in [-0.05, 0) is 169 Å². The number of hydrogen-bond acceptors (Lipinski definition) is 13. The number of urea groups is 2. The lowest BCUT2D eigenvalue weighted by Crippen LogP contribution is -2.66. The van der Waals surface area contributed by atoms with E-state index in [1.54, 1.807) is 26.0 Å². The summed E-state index contributed by atoms with van der Waals surface area (Å²) < 4.78 is 144. The average Bonchev–Trinajstić information content (AvgIpc) is 1.59. The second-order valence-electron chi connectivity index (χ2n) is 30.8. The van der Waals surface area contributed by atoms with Crippen molar-refractivity contribution in [3.8, 4) is 22.3 Å². The van der Waals surface area contributed by atoms with E-state index in [4.69, 9.17) is 76.8 Å². The Morgan fingerprint density at radius 1 is 0.468 bits per heavy atom. The van der Waals surface area contributed by atoms with E-state index in [0.29, 0.717) is 68.3 Å². The van der Waals surface area contributed by atoms with E-state index in [1.807, 2.05) is 13.8 Å². The van der Waals surface area contributed by atoms with Crippen LogP contribution in [0.25, 0.3) is 44.1 Å². The van der Waals surface area contributed by atoms with Gasteiger partial charge in [-0.25, -0.2) is 59.1 Å². The van der Waals surface area contributed by atoms with Crippen LogP contribution in [0.3, 0.4) is 0 Å². The summed E-state index contributed by atoms with van der Waals surface area (Å²) in [5.74, 6) is -12.9. The highest BCUT2D eigenvalue weighted by molar-refractivity contribution is 6.39. The molecule has 2 aliphatic rings. The van der Waals surface area contributed by atoms with Gasteiger partial charge in [0.25, 0.3) is 11.8 Å². The number of ether oxygens (including phenoxy) is 4. The molecule has 2 aliphatic carbocycles. The van der Waals surface area contributed by atoms with Gasteiger partial charge < -0.3 is 61.6 Å². The molecular weight excluding hydrogens is 1710 g/mol. The molecule has 0 spiro atoms. The molecule has 0 aliphatic heterocycles. The van der Waals surface area contributed by atoms with Gasteiger partial charge in [0.2, 0.25) is 11.8 Å². The summed E-state index contributed by atoms with van der Waals surface area (Å²) in [6.45, 7) is 3.08. The molecule has 2 heterocycles. The highest BCUT2D eigenvalue weighted by Gasteiger charge is 2.51. The Morgan fingerprint density at radius 2 is 0.815 bits per heavy atom. The minimum atomic E-state index is -1.91. The van der Waals surface area contributed by atoms with Crippen LogP contribution >= 0.6 is 46.4 Å². The number of alkyl carbamates (subject to hydrolysis) is 2. The van der Waals surface area contributed by atoms with Gasteiger partial charge in [0.1, 0.15) is 96.1 Å². The van der Waals surface area contributed by atoms with Crippen LogP contribution in [0.15, 0.2) is 133 Å². The van der Waals surface area contributed by atoms with Gasteiger partial charge in [-0.3, -0.25) is 29.0 Å². The molecule has 0 unspecified atom stereocenters. The molecule has 10 N–H and O–H groups in total. The number of aromatic amines is 2. The van der Waals surface area contributed by atoms with Gasteiger partial charge in [0, 0.05) is 69.3 Å². The first-order valence-corrected chi connectivity index (χ1v) is 41.1.